The van der Waals surface area contributed by atoms with Crippen LogP contribution in [-0.2, 0) is 28.9 Å². The first kappa shape index (κ1) is 21.0. The molecule has 7 nitrogen and oxygen atoms in total. The maximum Gasteiger partial charge on any atom is 0.337 e. The number of ether oxygens (including phenoxy) is 1. The number of esters is 1. The lowest BCUT2D eigenvalue weighted by atomic mass is 10.0. The molecule has 1 amide bonds. The summed E-state index contributed by atoms with van der Waals surface area (Å²) in [7, 11) is 1.38. The summed E-state index contributed by atoms with van der Waals surface area (Å²) in [6.45, 7) is 1.22. The number of oxazole rings is 1. The van der Waals surface area contributed by atoms with Crippen LogP contribution >= 0.6 is 0 Å². The third kappa shape index (κ3) is 4.26. The first-order chi connectivity index (χ1) is 16.1. The second-order valence-corrected chi connectivity index (χ2v) is 8.24. The first-order valence-corrected chi connectivity index (χ1v) is 11.1. The number of H-pyrrole nitrogens is 1. The summed E-state index contributed by atoms with van der Waals surface area (Å²) in [6, 6.07) is 15.3. The highest BCUT2D eigenvalue weighted by Gasteiger charge is 2.24. The van der Waals surface area contributed by atoms with Gasteiger partial charge in [0.15, 0.2) is 11.7 Å². The lowest BCUT2D eigenvalue weighted by molar-refractivity contribution is -0.132. The van der Waals surface area contributed by atoms with E-state index in [-0.39, 0.29) is 11.9 Å². The van der Waals surface area contributed by atoms with Gasteiger partial charge >= 0.3 is 5.97 Å². The van der Waals surface area contributed by atoms with Gasteiger partial charge in [-0.05, 0) is 24.6 Å². The summed E-state index contributed by atoms with van der Waals surface area (Å²) >= 11 is 0. The highest BCUT2D eigenvalue weighted by Crippen LogP contribution is 2.29. The molecule has 0 saturated carbocycles. The van der Waals surface area contributed by atoms with Crippen molar-refractivity contribution in [2.45, 2.75) is 32.2 Å². The molecule has 2 aromatic heterocycles. The summed E-state index contributed by atoms with van der Waals surface area (Å²) in [6.07, 6.45) is 4.24. The Morgan fingerprint density at radius 3 is 2.85 bits per heavy atom. The van der Waals surface area contributed by atoms with Gasteiger partial charge in [0, 0.05) is 60.1 Å². The molecule has 0 unspecified atom stereocenters. The number of aromatic nitrogens is 2. The smallest absolute Gasteiger partial charge is 0.337 e. The van der Waals surface area contributed by atoms with E-state index in [0.717, 1.165) is 39.9 Å². The fraction of sp³-hybridized carbons (Fsp3) is 0.269. The van der Waals surface area contributed by atoms with Gasteiger partial charge in [-0.2, -0.15) is 0 Å². The molecule has 0 saturated heterocycles. The number of fused-ring (bicyclic) bond motifs is 3. The molecule has 0 atom stereocenters. The number of rotatable bonds is 6. The molecule has 33 heavy (non-hydrogen) atoms. The van der Waals surface area contributed by atoms with Gasteiger partial charge in [-0.25, -0.2) is 9.78 Å². The van der Waals surface area contributed by atoms with Crippen molar-refractivity contribution in [2.24, 2.45) is 0 Å². The Bertz CT molecular complexity index is 1310. The summed E-state index contributed by atoms with van der Waals surface area (Å²) in [4.78, 5) is 34.5. The maximum atomic E-state index is 12.9. The number of benzene rings is 2. The third-order valence-electron chi connectivity index (χ3n) is 6.14. The van der Waals surface area contributed by atoms with Crippen molar-refractivity contribution in [3.05, 3.63) is 77.4 Å². The van der Waals surface area contributed by atoms with Crippen LogP contribution in [0.2, 0.25) is 0 Å². The average molecular weight is 444 g/mol. The summed E-state index contributed by atoms with van der Waals surface area (Å²) in [5.74, 6) is 1.15. The van der Waals surface area contributed by atoms with E-state index in [9.17, 15) is 9.59 Å². The van der Waals surface area contributed by atoms with E-state index in [0.29, 0.717) is 43.8 Å². The van der Waals surface area contributed by atoms with Gasteiger partial charge in [0.2, 0.25) is 5.91 Å². The van der Waals surface area contributed by atoms with Crippen molar-refractivity contribution < 1.29 is 18.7 Å². The third-order valence-corrected chi connectivity index (χ3v) is 6.14. The van der Waals surface area contributed by atoms with Crippen LogP contribution in [0.1, 0.15) is 40.3 Å². The number of amides is 1. The lowest BCUT2D eigenvalue weighted by Gasteiger charge is -2.27. The Hall–Kier alpha value is -3.87. The van der Waals surface area contributed by atoms with Crippen molar-refractivity contribution >= 4 is 22.8 Å². The van der Waals surface area contributed by atoms with Gasteiger partial charge in [-0.1, -0.05) is 30.3 Å². The quantitative estimate of drug-likeness (QED) is 0.443. The maximum absolute atomic E-state index is 12.9. The van der Waals surface area contributed by atoms with Gasteiger partial charge in [0.25, 0.3) is 0 Å². The molecule has 1 N–H and O–H groups in total. The molecule has 5 rings (SSSR count). The molecule has 4 aromatic rings. The minimum absolute atomic E-state index is 0.119. The lowest BCUT2D eigenvalue weighted by Crippen LogP contribution is -2.35. The van der Waals surface area contributed by atoms with E-state index in [4.69, 9.17) is 9.15 Å². The molecule has 1 aliphatic heterocycles. The highest BCUT2D eigenvalue weighted by atomic mass is 16.5. The van der Waals surface area contributed by atoms with Crippen molar-refractivity contribution in [3.63, 3.8) is 0 Å². The van der Waals surface area contributed by atoms with Crippen LogP contribution in [0.15, 0.2) is 59.1 Å². The summed E-state index contributed by atoms with van der Waals surface area (Å²) in [5.41, 5.74) is 4.68. The molecule has 168 valence electrons. The Morgan fingerprint density at radius 1 is 1.18 bits per heavy atom. The number of hydrogen-bond acceptors (Lipinski definition) is 5. The normalized spacial score (nSPS) is 13.2. The molecular formula is C26H25N3O4. The standard InChI is InChI=1S/C26H25N3O4/c1-32-26(31)18-10-11-21-19(14-18)20-16-29(13-12-22(20)28-21)25(30)9-5-8-24-27-15-23(33-24)17-6-3-2-4-7-17/h2-4,6-7,10-11,14-15,28H,5,8-9,12-13,16H2,1H3. The van der Waals surface area contributed by atoms with E-state index < -0.39 is 0 Å². The largest absolute Gasteiger partial charge is 0.465 e. The molecule has 3 heterocycles. The zero-order valence-corrected chi connectivity index (χ0v) is 18.5. The van der Waals surface area contributed by atoms with Gasteiger partial charge in [0.05, 0.1) is 18.9 Å². The summed E-state index contributed by atoms with van der Waals surface area (Å²) in [5, 5.41) is 0.971. The van der Waals surface area contributed by atoms with E-state index in [1.807, 2.05) is 47.4 Å². The Kier molecular flexibility index (Phi) is 5.69. The zero-order valence-electron chi connectivity index (χ0n) is 18.5. The fourth-order valence-corrected chi connectivity index (χ4v) is 4.38. The number of methoxy groups -OCH3 is 1. The molecular weight excluding hydrogens is 418 g/mol. The van der Waals surface area contributed by atoms with Gasteiger partial charge in [0.1, 0.15) is 0 Å². The van der Waals surface area contributed by atoms with Gasteiger partial charge < -0.3 is 19.0 Å². The fourth-order valence-electron chi connectivity index (χ4n) is 4.38. The molecule has 2 aromatic carbocycles. The van der Waals surface area contributed by atoms with Crippen LogP contribution in [0.25, 0.3) is 22.2 Å². The van der Waals surface area contributed by atoms with Crippen molar-refractivity contribution in [1.29, 1.82) is 0 Å². The second-order valence-electron chi connectivity index (χ2n) is 8.24. The van der Waals surface area contributed by atoms with Crippen LogP contribution in [0, 0.1) is 0 Å². The monoisotopic (exact) mass is 443 g/mol. The average Bonchev–Trinajstić information content (AvgIpc) is 3.48. The minimum Gasteiger partial charge on any atom is -0.465 e. The van der Waals surface area contributed by atoms with Crippen molar-refractivity contribution in [1.82, 2.24) is 14.9 Å². The number of carbonyl (C=O) groups is 2. The van der Waals surface area contributed by atoms with E-state index in [1.165, 1.54) is 7.11 Å². The molecule has 0 bridgehead atoms. The number of nitrogens with one attached hydrogen (secondary N) is 1. The molecule has 0 spiro atoms. The van der Waals surface area contributed by atoms with E-state index in [1.54, 1.807) is 12.3 Å². The van der Waals surface area contributed by atoms with Gasteiger partial charge in [-0.3, -0.25) is 4.79 Å². The van der Waals surface area contributed by atoms with Crippen molar-refractivity contribution in [3.8, 4) is 11.3 Å². The van der Waals surface area contributed by atoms with Crippen LogP contribution in [0.4, 0.5) is 0 Å². The highest BCUT2D eigenvalue weighted by molar-refractivity contribution is 5.96. The molecule has 1 aliphatic rings. The zero-order chi connectivity index (χ0) is 22.8. The molecule has 0 aliphatic carbocycles. The van der Waals surface area contributed by atoms with Gasteiger partial charge in [-0.15, -0.1) is 0 Å². The van der Waals surface area contributed by atoms with Crippen molar-refractivity contribution in [2.75, 3.05) is 13.7 Å². The Balaban J connectivity index is 1.21. The van der Waals surface area contributed by atoms with Crippen LogP contribution in [-0.4, -0.2) is 40.4 Å². The minimum atomic E-state index is -0.363. The number of aryl methyl sites for hydroxylation is 1. The topological polar surface area (TPSA) is 88.4 Å². The SMILES string of the molecule is COC(=O)c1ccc2[nH]c3c(c2c1)CN(C(=O)CCCc1ncc(-c2ccccc2)o1)CC3. The summed E-state index contributed by atoms with van der Waals surface area (Å²) < 4.78 is 10.7. The number of nitrogens with zero attached hydrogens (tertiary/aromatic N) is 2. The van der Waals surface area contributed by atoms with Crippen LogP contribution in [0.3, 0.4) is 0 Å². The van der Waals surface area contributed by atoms with Crippen LogP contribution < -0.4 is 0 Å². The Labute approximate surface area is 191 Å². The van der Waals surface area contributed by atoms with Crippen LogP contribution in [0.5, 0.6) is 0 Å². The predicted molar refractivity (Wildman–Crippen MR) is 124 cm³/mol. The molecule has 0 radical (unpaired) electrons. The number of carbonyl (C=O) groups excluding carboxylic acids is 2. The molecule has 0 fully saturated rings. The molecule has 7 heteroatoms. The van der Waals surface area contributed by atoms with E-state index in [2.05, 4.69) is 9.97 Å². The Morgan fingerprint density at radius 2 is 2.03 bits per heavy atom. The first-order valence-electron chi connectivity index (χ1n) is 11.1. The second kappa shape index (κ2) is 8.94. The van der Waals surface area contributed by atoms with E-state index >= 15 is 0 Å². The number of aromatic amines is 1. The number of hydrogen-bond donors (Lipinski definition) is 1. The predicted octanol–water partition coefficient (Wildman–Crippen LogP) is 4.52.